The number of ketones is 1. The van der Waals surface area contributed by atoms with Gasteiger partial charge in [-0.25, -0.2) is 29.9 Å². The second-order valence-corrected chi connectivity index (χ2v) is 20.9. The predicted octanol–water partition coefficient (Wildman–Crippen LogP) is -1.95. The van der Waals surface area contributed by atoms with Gasteiger partial charge >= 0.3 is 107 Å². The van der Waals surface area contributed by atoms with Gasteiger partial charge in [-0.05, 0) is 126 Å². The van der Waals surface area contributed by atoms with Crippen LogP contribution in [0.5, 0.6) is 29.4 Å². The number of hydrogen-bond donors (Lipinski definition) is 4. The minimum absolute atomic E-state index is 0. The molecule has 41 heteroatoms. The van der Waals surface area contributed by atoms with Crippen molar-refractivity contribution < 1.29 is 133 Å². The summed E-state index contributed by atoms with van der Waals surface area (Å²) in [6.45, 7) is 10.3. The van der Waals surface area contributed by atoms with Crippen molar-refractivity contribution in [3.8, 4) is 29.4 Å². The van der Waals surface area contributed by atoms with Crippen molar-refractivity contribution in [2.24, 2.45) is 39.8 Å². The van der Waals surface area contributed by atoms with Crippen LogP contribution in [0.15, 0.2) is 59.4 Å². The number of aliphatic hydroxyl groups excluding tert-OH is 1. The zero-order chi connectivity index (χ0) is 65.5. The van der Waals surface area contributed by atoms with E-state index in [2.05, 4.69) is 161 Å². The maximum absolute atomic E-state index is 12.1. The Hall–Kier alpha value is -3.36. The van der Waals surface area contributed by atoms with Crippen LogP contribution in [0.4, 0.5) is 11.9 Å². The number of carbonyl (C=O) groups is 5. The van der Waals surface area contributed by atoms with Gasteiger partial charge in [0.1, 0.15) is 16.1 Å². The number of thiol groups is 1. The summed E-state index contributed by atoms with van der Waals surface area (Å²) in [5.74, 6) is 0.475. The molecule has 0 spiro atoms. The van der Waals surface area contributed by atoms with Gasteiger partial charge in [0.25, 0.3) is 0 Å². The summed E-state index contributed by atoms with van der Waals surface area (Å²) in [6.07, 6.45) is 11.4. The Morgan fingerprint density at radius 1 is 0.700 bits per heavy atom. The number of aldehydes is 1. The maximum atomic E-state index is 12.1. The minimum atomic E-state index is -1.44. The van der Waals surface area contributed by atoms with Crippen molar-refractivity contribution in [2.75, 3.05) is 66.8 Å². The molecule has 3 aliphatic rings. The van der Waals surface area contributed by atoms with Crippen molar-refractivity contribution in [3.63, 3.8) is 0 Å². The first kappa shape index (κ1) is 95.3. The molecular formula is C49H63BBr4Cl2ILiMgMnN13O16S. The van der Waals surface area contributed by atoms with Crippen LogP contribution in [0, 0.1) is 45.6 Å². The molecule has 7 atom stereocenters. The number of esters is 3. The molecule has 5 heterocycles. The van der Waals surface area contributed by atoms with Crippen molar-refractivity contribution >= 4 is 172 Å². The molecule has 5 aromatic heterocycles. The van der Waals surface area contributed by atoms with Gasteiger partial charge in [-0.2, -0.15) is 33.8 Å². The number of anilines is 2. The number of halogens is 7. The number of ether oxygens (including phenoxy) is 8. The van der Waals surface area contributed by atoms with Gasteiger partial charge in [-0.15, -0.1) is 0 Å². The van der Waals surface area contributed by atoms with E-state index in [1.807, 2.05) is 20.3 Å². The van der Waals surface area contributed by atoms with Gasteiger partial charge in [-0.1, -0.05) is 0 Å². The zero-order valence-electron chi connectivity index (χ0n) is 50.3. The van der Waals surface area contributed by atoms with Crippen LogP contribution >= 0.6 is 99.1 Å². The van der Waals surface area contributed by atoms with E-state index in [9.17, 15) is 29.1 Å². The number of hydrogen-bond acceptors (Lipinski definition) is 30. The van der Waals surface area contributed by atoms with E-state index in [-0.39, 0.29) is 149 Å². The summed E-state index contributed by atoms with van der Waals surface area (Å²) in [4.78, 5) is 95.0. The Balaban J connectivity index is -0.000000317. The third kappa shape index (κ3) is 37.5. The Morgan fingerprint density at radius 3 is 1.57 bits per heavy atom. The van der Waals surface area contributed by atoms with Crippen molar-refractivity contribution in [3.05, 3.63) is 76.8 Å². The topological polar surface area (TPSA) is 407 Å². The molecule has 3 fully saturated rings. The number of Topliss-reactive ketones (excluding diaryl/α,β-unsaturated/α-hetero) is 1. The van der Waals surface area contributed by atoms with E-state index in [1.54, 1.807) is 52.5 Å². The second-order valence-electron chi connectivity index (χ2n) is 16.1. The molecule has 7 unspecified atom stereocenters. The first-order chi connectivity index (χ1) is 41.0. The van der Waals surface area contributed by atoms with Gasteiger partial charge < -0.3 is 90.5 Å². The molecule has 1 radical (unpaired) electrons. The summed E-state index contributed by atoms with van der Waals surface area (Å²) in [5.41, 5.74) is 10.5. The third-order valence-corrected chi connectivity index (χ3v) is 12.8. The molecule has 0 bridgehead atoms. The van der Waals surface area contributed by atoms with E-state index in [0.29, 0.717) is 86.5 Å². The molecule has 0 saturated heterocycles. The summed E-state index contributed by atoms with van der Waals surface area (Å²) >= 11 is 16.7. The van der Waals surface area contributed by atoms with Gasteiger partial charge in [0, 0.05) is 42.4 Å². The number of nitrogen functional groups attached to an aromatic ring is 2. The first-order valence-corrected chi connectivity index (χ1v) is 30.3. The molecule has 5 aromatic rings. The van der Waals surface area contributed by atoms with E-state index in [0.717, 1.165) is 9.99 Å². The van der Waals surface area contributed by atoms with Crippen molar-refractivity contribution in [2.45, 2.75) is 60.0 Å². The fourth-order valence-corrected chi connectivity index (χ4v) is 7.80. The predicted molar refractivity (Wildman–Crippen MR) is 335 cm³/mol. The molecule has 8 rings (SSSR count). The van der Waals surface area contributed by atoms with Crippen LogP contribution in [0.25, 0.3) is 0 Å². The van der Waals surface area contributed by atoms with Crippen LogP contribution < -0.4 is 78.8 Å². The normalized spacial score (nSPS) is 15.9. The molecule has 0 aliphatic heterocycles. The van der Waals surface area contributed by atoms with E-state index < -0.39 is 20.9 Å². The van der Waals surface area contributed by atoms with Crippen LogP contribution in [0.2, 0.25) is 0 Å². The first-order valence-electron chi connectivity index (χ1n) is 24.6. The standard InChI is InChI=1S/C12H15BrN2O4.C12H13BrN2O4.C7H10O3.C5H4BrIN2O.C5H6BrN3O.C5H7N3O.C3H7.BHNS.2ClH.Li.Mg.Mn.2O/c2*1-3-19-12(17)7-4-6(7)9(16)10-14-5-8(13)11(15-10)18-2;1-2-10-7(9)6-3-5(6)4-8;1-10-5-4(6)8-2-3(7)9-5;1-10-4-3(6)2-8-5(7)9-4;1-9-4-2-3-7-5(6)8-4;1-3-2;1-2-3;;;;;;;/h5-7,9,16H,3-4H2,1-2H3;5-7H,3-4H2,1-2H3;4-6H,2-3H2,1H3;2H,1H3;2H,1H3,(H2,7,8,9);2-3H,1H3,(H2,6,7,8);3H,1-2H3;3H;2*1H;;;;;/q;;;;;;-1;;;;+1;+2;;;/p-2. The van der Waals surface area contributed by atoms with Crippen LogP contribution in [0.3, 0.4) is 0 Å². The zero-order valence-corrected chi connectivity index (χ0v) is 63.8. The molecule has 90 heavy (non-hydrogen) atoms. The van der Waals surface area contributed by atoms with Crippen LogP contribution in [0.1, 0.15) is 76.4 Å². The fraction of sp³-hybridized carbons (Fsp3) is 0.469. The molecule has 29 nitrogen and oxygen atoms in total. The fourth-order valence-electron chi connectivity index (χ4n) is 6.03. The molecule has 3 aliphatic carbocycles. The molecule has 5 N–H and O–H groups in total. The van der Waals surface area contributed by atoms with Crippen molar-refractivity contribution in [1.82, 2.24) is 49.8 Å². The van der Waals surface area contributed by atoms with Gasteiger partial charge in [0.05, 0.1) is 98.9 Å². The summed E-state index contributed by atoms with van der Waals surface area (Å²) in [6, 6.07) is 1.64. The molecule has 0 amide bonds. The molecule has 488 valence electrons. The Labute approximate surface area is 621 Å². The third-order valence-electron chi connectivity index (χ3n) is 10.1. The van der Waals surface area contributed by atoms with E-state index >= 15 is 0 Å². The summed E-state index contributed by atoms with van der Waals surface area (Å²) < 4.78 is 61.9. The monoisotopic (exact) mass is 1730 g/mol. The van der Waals surface area contributed by atoms with Crippen LogP contribution in [-0.4, -0.2) is 171 Å². The van der Waals surface area contributed by atoms with Gasteiger partial charge in [0.15, 0.2) is 16.3 Å². The molecule has 3 saturated carbocycles. The number of aliphatic hydroxyl groups is 1. The van der Waals surface area contributed by atoms with Gasteiger partial charge in [0.2, 0.25) is 47.1 Å². The molecule has 0 aromatic carbocycles. The Kier molecular flexibility index (Phi) is 58.2. The van der Waals surface area contributed by atoms with E-state index in [1.165, 1.54) is 40.8 Å². The number of nitrogens with two attached hydrogens (primary N) is 2. The number of carbonyl (C=O) groups excluding carboxylic acids is 5. The number of nitrogens with zero attached hydrogens (tertiary/aromatic N) is 11. The molecular weight excluding hydrogens is 1670 g/mol. The SMILES string of the molecule is CCOC(=O)C1CC1C(=O)c1ncc(Br)c(OC)n1.CCOC(=O)C1CC1C(O)c1ncc(Br)c(OC)n1.CCOC(=O)C1CC1C=O.COc1ccnc(N)n1.COc1nc(I)cnc1Br.COc1nc(N)ncc1Br.C[CH-]C.[B]=NS.[Cl-].[Cl-].[Li+].[Mg+2].[O]=[Mn]=[O]. The van der Waals surface area contributed by atoms with E-state index in [4.69, 9.17) is 57.0 Å². The Morgan fingerprint density at radius 2 is 1.14 bits per heavy atom. The second kappa shape index (κ2) is 55.0. The quantitative estimate of drug-likeness (QED) is 0.0122. The van der Waals surface area contributed by atoms with Gasteiger partial charge in [-0.3, -0.25) is 19.2 Å². The number of methoxy groups -OCH3 is 5. The van der Waals surface area contributed by atoms with Crippen molar-refractivity contribution in [1.29, 1.82) is 0 Å². The van der Waals surface area contributed by atoms with Crippen LogP contribution in [-0.2, 0) is 55.9 Å². The number of aromatic nitrogens is 10. The summed E-state index contributed by atoms with van der Waals surface area (Å²) in [5, 5.41) is 10.2. The Bertz CT molecular complexity index is 2940. The summed E-state index contributed by atoms with van der Waals surface area (Å²) in [7, 11) is 11.9. The number of rotatable bonds is 16. The average molecular weight is 1740 g/mol. The average Bonchev–Trinajstić information content (AvgIpc) is 1.96.